The minimum absolute atomic E-state index is 0.154. The minimum Gasteiger partial charge on any atom is -0.317 e. The lowest BCUT2D eigenvalue weighted by molar-refractivity contribution is 0.551. The van der Waals surface area contributed by atoms with Gasteiger partial charge in [0, 0.05) is 6.04 Å². The van der Waals surface area contributed by atoms with E-state index in [4.69, 9.17) is 0 Å². The summed E-state index contributed by atoms with van der Waals surface area (Å²) in [6, 6.07) is 0.154. The van der Waals surface area contributed by atoms with Crippen LogP contribution < -0.4 is 10.0 Å². The molecule has 0 amide bonds. The molecular formula is C11H24N2O2S. The van der Waals surface area contributed by atoms with Gasteiger partial charge < -0.3 is 5.32 Å². The summed E-state index contributed by atoms with van der Waals surface area (Å²) in [5.41, 5.74) is 0.160. The third kappa shape index (κ3) is 4.80. The van der Waals surface area contributed by atoms with E-state index < -0.39 is 10.0 Å². The maximum Gasteiger partial charge on any atom is 0.211 e. The van der Waals surface area contributed by atoms with Crippen molar-refractivity contribution in [3.05, 3.63) is 0 Å². The molecule has 1 rings (SSSR count). The number of sulfonamides is 1. The van der Waals surface area contributed by atoms with Crippen molar-refractivity contribution in [2.24, 2.45) is 5.41 Å². The zero-order chi connectivity index (χ0) is 12.2. The second-order valence-electron chi connectivity index (χ2n) is 5.29. The van der Waals surface area contributed by atoms with Gasteiger partial charge in [-0.2, -0.15) is 0 Å². The second kappa shape index (κ2) is 5.47. The first-order valence-electron chi connectivity index (χ1n) is 6.08. The molecular weight excluding hydrogens is 224 g/mol. The van der Waals surface area contributed by atoms with Crippen molar-refractivity contribution < 1.29 is 8.42 Å². The Bertz CT molecular complexity index is 312. The Kier molecular flexibility index (Phi) is 4.76. The van der Waals surface area contributed by atoms with Gasteiger partial charge in [-0.25, -0.2) is 13.1 Å². The zero-order valence-electron chi connectivity index (χ0n) is 10.5. The van der Waals surface area contributed by atoms with Crippen LogP contribution in [0, 0.1) is 5.41 Å². The molecule has 1 aliphatic carbocycles. The van der Waals surface area contributed by atoms with Gasteiger partial charge >= 0.3 is 0 Å². The van der Waals surface area contributed by atoms with Crippen LogP contribution in [0.2, 0.25) is 0 Å². The summed E-state index contributed by atoms with van der Waals surface area (Å²) in [5, 5.41) is 3.20. The molecule has 0 aromatic rings. The summed E-state index contributed by atoms with van der Waals surface area (Å²) in [6.07, 6.45) is 2.73. The number of rotatable bonds is 8. The zero-order valence-corrected chi connectivity index (χ0v) is 11.4. The third-order valence-electron chi connectivity index (χ3n) is 3.03. The predicted octanol–water partition coefficient (Wildman–Crippen LogP) is 1.09. The van der Waals surface area contributed by atoms with E-state index in [1.54, 1.807) is 0 Å². The maximum atomic E-state index is 11.7. The average Bonchev–Trinajstić information content (AvgIpc) is 2.72. The number of hydrogen-bond acceptors (Lipinski definition) is 3. The van der Waals surface area contributed by atoms with Crippen molar-refractivity contribution in [3.63, 3.8) is 0 Å². The van der Waals surface area contributed by atoms with Gasteiger partial charge in [0.05, 0.1) is 5.75 Å². The van der Waals surface area contributed by atoms with Crippen LogP contribution in [-0.2, 0) is 10.0 Å². The Balaban J connectivity index is 2.15. The molecule has 0 heterocycles. The first-order chi connectivity index (χ1) is 7.37. The molecule has 5 heteroatoms. The van der Waals surface area contributed by atoms with Crippen molar-refractivity contribution in [2.45, 2.75) is 46.1 Å². The predicted molar refractivity (Wildman–Crippen MR) is 66.9 cm³/mol. The molecule has 1 atom stereocenters. The molecule has 1 aliphatic rings. The van der Waals surface area contributed by atoms with Crippen LogP contribution in [0.4, 0.5) is 0 Å². The van der Waals surface area contributed by atoms with E-state index in [0.29, 0.717) is 6.42 Å². The molecule has 4 nitrogen and oxygen atoms in total. The summed E-state index contributed by atoms with van der Waals surface area (Å²) in [7, 11) is -3.07. The molecule has 16 heavy (non-hydrogen) atoms. The normalized spacial score (nSPS) is 23.3. The van der Waals surface area contributed by atoms with Gasteiger partial charge in [0.2, 0.25) is 10.0 Å². The van der Waals surface area contributed by atoms with E-state index in [1.807, 2.05) is 0 Å². The fourth-order valence-electron chi connectivity index (χ4n) is 1.63. The average molecular weight is 248 g/mol. The molecule has 1 fully saturated rings. The first-order valence-corrected chi connectivity index (χ1v) is 7.73. The molecule has 96 valence electrons. The Morgan fingerprint density at radius 2 is 1.94 bits per heavy atom. The van der Waals surface area contributed by atoms with Gasteiger partial charge in [-0.3, -0.25) is 0 Å². The Morgan fingerprint density at radius 3 is 2.44 bits per heavy atom. The highest BCUT2D eigenvalue weighted by atomic mass is 32.2. The lowest BCUT2D eigenvalue weighted by Crippen LogP contribution is -2.32. The summed E-state index contributed by atoms with van der Waals surface area (Å²) in [6.45, 7) is 8.01. The molecule has 2 N–H and O–H groups in total. The van der Waals surface area contributed by atoms with Crippen LogP contribution in [0.25, 0.3) is 0 Å². The van der Waals surface area contributed by atoms with Crippen molar-refractivity contribution in [3.8, 4) is 0 Å². The van der Waals surface area contributed by atoms with Crippen LogP contribution in [0.3, 0.4) is 0 Å². The summed E-state index contributed by atoms with van der Waals surface area (Å²) in [5.74, 6) is 0.232. The van der Waals surface area contributed by atoms with Crippen LogP contribution in [-0.4, -0.2) is 33.3 Å². The van der Waals surface area contributed by atoms with Gasteiger partial charge in [-0.15, -0.1) is 0 Å². The molecule has 1 saturated carbocycles. The largest absolute Gasteiger partial charge is 0.317 e. The monoisotopic (exact) mass is 248 g/mol. The standard InChI is InChI=1S/C11H24N2O2S/c1-4-6-12-7-5-8-16(14,15)13-10-9-11(10,2)3/h10,12-13H,4-9H2,1-3H3. The van der Waals surface area contributed by atoms with E-state index in [1.165, 1.54) is 0 Å². The highest BCUT2D eigenvalue weighted by molar-refractivity contribution is 7.89. The van der Waals surface area contributed by atoms with Gasteiger partial charge in [0.1, 0.15) is 0 Å². The van der Waals surface area contributed by atoms with E-state index in [2.05, 4.69) is 30.8 Å². The van der Waals surface area contributed by atoms with Crippen molar-refractivity contribution in [2.75, 3.05) is 18.8 Å². The molecule has 0 bridgehead atoms. The minimum atomic E-state index is -3.07. The van der Waals surface area contributed by atoms with Gasteiger partial charge in [-0.05, 0) is 37.8 Å². The molecule has 1 unspecified atom stereocenters. The van der Waals surface area contributed by atoms with Crippen molar-refractivity contribution >= 4 is 10.0 Å². The van der Waals surface area contributed by atoms with Crippen molar-refractivity contribution in [1.29, 1.82) is 0 Å². The third-order valence-corrected chi connectivity index (χ3v) is 4.50. The quantitative estimate of drug-likeness (QED) is 0.632. The lowest BCUT2D eigenvalue weighted by atomic mass is 10.2. The number of nitrogens with one attached hydrogen (secondary N) is 2. The van der Waals surface area contributed by atoms with Crippen LogP contribution in [0.5, 0.6) is 0 Å². The van der Waals surface area contributed by atoms with Gasteiger partial charge in [-0.1, -0.05) is 20.8 Å². The molecule has 0 aromatic heterocycles. The fourth-order valence-corrected chi connectivity index (χ4v) is 3.11. The van der Waals surface area contributed by atoms with Crippen LogP contribution >= 0.6 is 0 Å². The SMILES string of the molecule is CCCNCCCS(=O)(=O)NC1CC1(C)C. The van der Waals surface area contributed by atoms with E-state index in [9.17, 15) is 8.42 Å². The topological polar surface area (TPSA) is 58.2 Å². The highest BCUT2D eigenvalue weighted by Crippen LogP contribution is 2.44. The summed E-state index contributed by atoms with van der Waals surface area (Å²) >= 11 is 0. The lowest BCUT2D eigenvalue weighted by Gasteiger charge is -2.08. The van der Waals surface area contributed by atoms with Gasteiger partial charge in [0.15, 0.2) is 0 Å². The first kappa shape index (κ1) is 13.9. The molecule has 0 saturated heterocycles. The van der Waals surface area contributed by atoms with E-state index >= 15 is 0 Å². The Hall–Kier alpha value is -0.130. The Labute approximate surface area is 99.2 Å². The van der Waals surface area contributed by atoms with Crippen LogP contribution in [0.1, 0.15) is 40.0 Å². The summed E-state index contributed by atoms with van der Waals surface area (Å²) < 4.78 is 26.1. The van der Waals surface area contributed by atoms with E-state index in [-0.39, 0.29) is 17.2 Å². The molecule has 0 aromatic carbocycles. The molecule has 0 aliphatic heterocycles. The summed E-state index contributed by atoms with van der Waals surface area (Å²) in [4.78, 5) is 0. The van der Waals surface area contributed by atoms with Crippen LogP contribution in [0.15, 0.2) is 0 Å². The van der Waals surface area contributed by atoms with Crippen molar-refractivity contribution in [1.82, 2.24) is 10.0 Å². The smallest absolute Gasteiger partial charge is 0.211 e. The molecule has 0 radical (unpaired) electrons. The number of hydrogen-bond donors (Lipinski definition) is 2. The fraction of sp³-hybridized carbons (Fsp3) is 1.00. The van der Waals surface area contributed by atoms with E-state index in [0.717, 1.165) is 25.9 Å². The Morgan fingerprint density at radius 1 is 1.31 bits per heavy atom. The highest BCUT2D eigenvalue weighted by Gasteiger charge is 2.47. The van der Waals surface area contributed by atoms with Gasteiger partial charge in [0.25, 0.3) is 0 Å². The second-order valence-corrected chi connectivity index (χ2v) is 7.16. The maximum absolute atomic E-state index is 11.7. The molecule has 0 spiro atoms.